The van der Waals surface area contributed by atoms with Crippen LogP contribution in [0.25, 0.3) is 21.1 Å². The fourth-order valence-electron chi connectivity index (χ4n) is 3.38. The lowest BCUT2D eigenvalue weighted by Crippen LogP contribution is -2.12. The Morgan fingerprint density at radius 1 is 1.31 bits per heavy atom. The van der Waals surface area contributed by atoms with E-state index in [1.807, 2.05) is 18.2 Å². The van der Waals surface area contributed by atoms with Crippen molar-refractivity contribution in [3.8, 4) is 26.9 Å². The van der Waals surface area contributed by atoms with Gasteiger partial charge in [0, 0.05) is 23.4 Å². The van der Waals surface area contributed by atoms with Crippen LogP contribution >= 0.6 is 11.3 Å². The minimum absolute atomic E-state index is 0.0521. The molecule has 2 heterocycles. The number of hydrogen-bond donors (Lipinski definition) is 0. The third kappa shape index (κ3) is 2.90. The number of rotatable bonds is 4. The molecule has 1 unspecified atom stereocenters. The zero-order valence-electron chi connectivity index (χ0n) is 14.2. The SMILES string of the molecule is COc1c(F)cccc1-c1cnc(-c2ccc3c(n2)CCCC3C=O)s1. The minimum Gasteiger partial charge on any atom is -0.493 e. The Labute approximate surface area is 154 Å². The molecule has 2 aromatic heterocycles. The van der Waals surface area contributed by atoms with Crippen LogP contribution in [0.3, 0.4) is 0 Å². The van der Waals surface area contributed by atoms with Gasteiger partial charge in [-0.25, -0.2) is 14.4 Å². The van der Waals surface area contributed by atoms with Crippen LogP contribution in [0.2, 0.25) is 0 Å². The molecule has 26 heavy (non-hydrogen) atoms. The summed E-state index contributed by atoms with van der Waals surface area (Å²) in [4.78, 5) is 21.3. The van der Waals surface area contributed by atoms with Crippen molar-refractivity contribution in [3.05, 3.63) is 53.6 Å². The second-order valence-electron chi connectivity index (χ2n) is 6.22. The summed E-state index contributed by atoms with van der Waals surface area (Å²) in [6, 6.07) is 8.74. The maximum Gasteiger partial charge on any atom is 0.165 e. The Kier molecular flexibility index (Phi) is 4.51. The van der Waals surface area contributed by atoms with Gasteiger partial charge in [0.2, 0.25) is 0 Å². The van der Waals surface area contributed by atoms with Gasteiger partial charge >= 0.3 is 0 Å². The van der Waals surface area contributed by atoms with E-state index in [0.29, 0.717) is 5.56 Å². The molecule has 0 saturated carbocycles. The van der Waals surface area contributed by atoms with Gasteiger partial charge in [-0.15, -0.1) is 11.3 Å². The van der Waals surface area contributed by atoms with Gasteiger partial charge in [0.25, 0.3) is 0 Å². The average molecular weight is 368 g/mol. The number of methoxy groups -OCH3 is 1. The van der Waals surface area contributed by atoms with E-state index >= 15 is 0 Å². The van der Waals surface area contributed by atoms with E-state index in [4.69, 9.17) is 9.72 Å². The lowest BCUT2D eigenvalue weighted by molar-refractivity contribution is -0.109. The van der Waals surface area contributed by atoms with E-state index in [1.165, 1.54) is 24.5 Å². The van der Waals surface area contributed by atoms with Crippen molar-refractivity contribution in [3.63, 3.8) is 0 Å². The topological polar surface area (TPSA) is 52.1 Å². The molecular weight excluding hydrogens is 351 g/mol. The van der Waals surface area contributed by atoms with Crippen LogP contribution in [-0.2, 0) is 11.2 Å². The normalized spacial score (nSPS) is 16.2. The molecule has 1 atom stereocenters. The Bertz CT molecular complexity index is 970. The first kappa shape index (κ1) is 16.8. The van der Waals surface area contributed by atoms with Crippen molar-refractivity contribution >= 4 is 17.6 Å². The van der Waals surface area contributed by atoms with E-state index in [0.717, 1.165) is 52.4 Å². The number of aryl methyl sites for hydroxylation is 1. The number of ether oxygens (including phenoxy) is 1. The Hall–Kier alpha value is -2.60. The maximum absolute atomic E-state index is 13.9. The van der Waals surface area contributed by atoms with Crippen molar-refractivity contribution in [2.24, 2.45) is 0 Å². The van der Waals surface area contributed by atoms with E-state index in [1.54, 1.807) is 12.3 Å². The minimum atomic E-state index is -0.397. The first-order valence-electron chi connectivity index (χ1n) is 8.45. The van der Waals surface area contributed by atoms with Gasteiger partial charge in [-0.2, -0.15) is 0 Å². The summed E-state index contributed by atoms with van der Waals surface area (Å²) >= 11 is 1.44. The number of aldehydes is 1. The van der Waals surface area contributed by atoms with Crippen molar-refractivity contribution in [1.82, 2.24) is 9.97 Å². The number of hydrogen-bond acceptors (Lipinski definition) is 5. The molecule has 0 spiro atoms. The quantitative estimate of drug-likeness (QED) is 0.630. The van der Waals surface area contributed by atoms with Gasteiger partial charge in [-0.1, -0.05) is 12.1 Å². The summed E-state index contributed by atoms with van der Waals surface area (Å²) in [5.74, 6) is -0.231. The molecule has 6 heteroatoms. The highest BCUT2D eigenvalue weighted by Gasteiger charge is 2.22. The molecule has 0 bridgehead atoms. The van der Waals surface area contributed by atoms with Gasteiger partial charge < -0.3 is 9.53 Å². The van der Waals surface area contributed by atoms with Crippen LogP contribution in [0.1, 0.15) is 30.0 Å². The van der Waals surface area contributed by atoms with Gasteiger partial charge in [-0.05, 0) is 43.0 Å². The van der Waals surface area contributed by atoms with Gasteiger partial charge in [0.15, 0.2) is 11.6 Å². The van der Waals surface area contributed by atoms with Crippen LogP contribution in [-0.4, -0.2) is 23.4 Å². The molecular formula is C20H17FN2O2S. The van der Waals surface area contributed by atoms with E-state index in [9.17, 15) is 9.18 Å². The zero-order chi connectivity index (χ0) is 18.1. The van der Waals surface area contributed by atoms with Crippen molar-refractivity contribution in [2.45, 2.75) is 25.2 Å². The van der Waals surface area contributed by atoms with Gasteiger partial charge in [0.05, 0.1) is 17.7 Å². The lowest BCUT2D eigenvalue weighted by Gasteiger charge is -2.20. The Morgan fingerprint density at radius 3 is 3.00 bits per heavy atom. The van der Waals surface area contributed by atoms with Crippen LogP contribution in [0.5, 0.6) is 5.75 Å². The van der Waals surface area contributed by atoms with Crippen LogP contribution in [0, 0.1) is 5.82 Å². The Morgan fingerprint density at radius 2 is 2.19 bits per heavy atom. The number of nitrogens with zero attached hydrogens (tertiary/aromatic N) is 2. The maximum atomic E-state index is 13.9. The number of thiazole rings is 1. The number of halogens is 1. The molecule has 3 aromatic rings. The fraction of sp³-hybridized carbons (Fsp3) is 0.250. The predicted octanol–water partition coefficient (Wildman–Crippen LogP) is 4.64. The number of para-hydroxylation sites is 1. The highest BCUT2D eigenvalue weighted by Crippen LogP contribution is 2.38. The standard InChI is InChI=1S/C20H17FN2O2S/c1-25-19-14(5-3-6-15(19)21)18-10-22-20(26-18)17-9-8-13-12(11-24)4-2-7-16(13)23-17/h3,5-6,8-12H,2,4,7H2,1H3. The number of aromatic nitrogens is 2. The molecule has 0 N–H and O–H groups in total. The molecule has 0 saturated heterocycles. The zero-order valence-corrected chi connectivity index (χ0v) is 15.1. The van der Waals surface area contributed by atoms with E-state index < -0.39 is 5.82 Å². The monoisotopic (exact) mass is 368 g/mol. The highest BCUT2D eigenvalue weighted by atomic mass is 32.1. The van der Waals surface area contributed by atoms with Crippen LogP contribution in [0.15, 0.2) is 36.5 Å². The van der Waals surface area contributed by atoms with Crippen LogP contribution in [0.4, 0.5) is 4.39 Å². The van der Waals surface area contributed by atoms with Crippen LogP contribution < -0.4 is 4.74 Å². The molecule has 4 rings (SSSR count). The molecule has 0 fully saturated rings. The molecule has 1 aliphatic carbocycles. The summed E-state index contributed by atoms with van der Waals surface area (Å²) in [6.07, 6.45) is 5.46. The smallest absolute Gasteiger partial charge is 0.165 e. The Balaban J connectivity index is 1.71. The van der Waals surface area contributed by atoms with Crippen molar-refractivity contribution in [1.29, 1.82) is 0 Å². The predicted molar refractivity (Wildman–Crippen MR) is 99.0 cm³/mol. The molecule has 0 amide bonds. The summed E-state index contributed by atoms with van der Waals surface area (Å²) in [7, 11) is 1.46. The molecule has 0 radical (unpaired) electrons. The summed E-state index contributed by atoms with van der Waals surface area (Å²) < 4.78 is 19.1. The molecule has 132 valence electrons. The van der Waals surface area contributed by atoms with Gasteiger partial charge in [-0.3, -0.25) is 0 Å². The number of carbonyl (C=O) groups is 1. The lowest BCUT2D eigenvalue weighted by atomic mass is 9.86. The van der Waals surface area contributed by atoms with E-state index in [-0.39, 0.29) is 11.7 Å². The summed E-state index contributed by atoms with van der Waals surface area (Å²) in [5, 5.41) is 0.766. The number of carbonyl (C=O) groups excluding carboxylic acids is 1. The average Bonchev–Trinajstić information content (AvgIpc) is 3.17. The van der Waals surface area contributed by atoms with Crippen molar-refractivity contribution < 1.29 is 13.9 Å². The largest absolute Gasteiger partial charge is 0.493 e. The summed E-state index contributed by atoms with van der Waals surface area (Å²) in [6.45, 7) is 0. The molecule has 1 aliphatic rings. The fourth-order valence-corrected chi connectivity index (χ4v) is 4.29. The van der Waals surface area contributed by atoms with Crippen molar-refractivity contribution in [2.75, 3.05) is 7.11 Å². The first-order chi connectivity index (χ1) is 12.7. The molecule has 1 aromatic carbocycles. The number of benzene rings is 1. The molecule has 0 aliphatic heterocycles. The summed E-state index contributed by atoms with van der Waals surface area (Å²) in [5.41, 5.74) is 3.46. The molecule has 4 nitrogen and oxygen atoms in total. The second kappa shape index (κ2) is 6.96. The third-order valence-corrected chi connectivity index (χ3v) is 5.72. The first-order valence-corrected chi connectivity index (χ1v) is 9.27. The van der Waals surface area contributed by atoms with E-state index in [2.05, 4.69) is 4.98 Å². The highest BCUT2D eigenvalue weighted by molar-refractivity contribution is 7.18. The number of fused-ring (bicyclic) bond motifs is 1. The van der Waals surface area contributed by atoms with Gasteiger partial charge in [0.1, 0.15) is 11.3 Å². The number of pyridine rings is 1. The third-order valence-electron chi connectivity index (χ3n) is 4.66. The second-order valence-corrected chi connectivity index (χ2v) is 7.25.